The average Bonchev–Trinajstić information content (AvgIpc) is 3.18. The quantitative estimate of drug-likeness (QED) is 0.700. The van der Waals surface area contributed by atoms with Crippen LogP contribution in [0.3, 0.4) is 0 Å². The molecule has 2 aliphatic heterocycles. The maximum atomic E-state index is 12.9. The van der Waals surface area contributed by atoms with Crippen LogP contribution in [0.5, 0.6) is 0 Å². The molecule has 0 radical (unpaired) electrons. The molecule has 0 unspecified atom stereocenters. The molecule has 0 N–H and O–H groups in total. The van der Waals surface area contributed by atoms with Gasteiger partial charge in [0.05, 0.1) is 24.2 Å². The van der Waals surface area contributed by atoms with Crippen LogP contribution in [0.15, 0.2) is 29.4 Å². The van der Waals surface area contributed by atoms with Crippen molar-refractivity contribution in [3.05, 3.63) is 29.8 Å². The number of aryl methyl sites for hydroxylation is 1. The highest BCUT2D eigenvalue weighted by molar-refractivity contribution is 8.00. The van der Waals surface area contributed by atoms with E-state index in [1.54, 1.807) is 0 Å². The van der Waals surface area contributed by atoms with E-state index in [4.69, 9.17) is 4.74 Å². The number of thioether (sulfide) groups is 1. The largest absolute Gasteiger partial charge is 0.378 e. The van der Waals surface area contributed by atoms with Crippen molar-refractivity contribution < 1.29 is 9.53 Å². The molecule has 3 heterocycles. The van der Waals surface area contributed by atoms with Gasteiger partial charge in [-0.25, -0.2) is 0 Å². The van der Waals surface area contributed by atoms with Gasteiger partial charge in [0, 0.05) is 26.2 Å². The number of rotatable bonds is 5. The fourth-order valence-electron chi connectivity index (χ4n) is 3.81. The number of morpholine rings is 1. The highest BCUT2D eigenvalue weighted by Crippen LogP contribution is 2.31. The number of hydrogen-bond acceptors (Lipinski definition) is 6. The fourth-order valence-corrected chi connectivity index (χ4v) is 4.75. The van der Waals surface area contributed by atoms with Gasteiger partial charge >= 0.3 is 0 Å². The molecular weight excluding hydrogens is 386 g/mol. The average molecular weight is 416 g/mol. The number of ether oxygens (including phenoxy) is 1. The van der Waals surface area contributed by atoms with E-state index in [0.29, 0.717) is 26.3 Å². The lowest BCUT2D eigenvalue weighted by molar-refractivity contribution is -0.134. The molecule has 7 nitrogen and oxygen atoms in total. The van der Waals surface area contributed by atoms with Crippen LogP contribution in [0, 0.1) is 6.92 Å². The Labute approximate surface area is 176 Å². The van der Waals surface area contributed by atoms with Crippen LogP contribution in [0.4, 0.5) is 5.95 Å². The van der Waals surface area contributed by atoms with E-state index >= 15 is 0 Å². The Hall–Kier alpha value is -2.06. The fraction of sp³-hybridized carbons (Fsp3) is 0.571. The minimum atomic E-state index is -0.226. The summed E-state index contributed by atoms with van der Waals surface area (Å²) in [5.74, 6) is 1.01. The van der Waals surface area contributed by atoms with Crippen LogP contribution in [-0.2, 0) is 9.53 Å². The van der Waals surface area contributed by atoms with Gasteiger partial charge in [-0.3, -0.25) is 9.36 Å². The molecule has 29 heavy (non-hydrogen) atoms. The van der Waals surface area contributed by atoms with E-state index in [2.05, 4.69) is 50.9 Å². The summed E-state index contributed by atoms with van der Waals surface area (Å²) >= 11 is 1.49. The summed E-state index contributed by atoms with van der Waals surface area (Å²) in [5, 5.41) is 9.57. The third kappa shape index (κ3) is 4.59. The molecule has 1 amide bonds. The maximum Gasteiger partial charge on any atom is 0.236 e. The topological polar surface area (TPSA) is 63.5 Å². The first-order valence-corrected chi connectivity index (χ1v) is 11.3. The lowest BCUT2D eigenvalue weighted by atomic mass is 10.1. The van der Waals surface area contributed by atoms with E-state index in [9.17, 15) is 4.79 Å². The molecule has 1 aromatic carbocycles. The lowest BCUT2D eigenvalue weighted by Crippen LogP contribution is -2.44. The van der Waals surface area contributed by atoms with Crippen molar-refractivity contribution in [2.45, 2.75) is 43.5 Å². The number of amides is 1. The van der Waals surface area contributed by atoms with Crippen molar-refractivity contribution in [1.29, 1.82) is 0 Å². The highest BCUT2D eigenvalue weighted by Gasteiger charge is 2.27. The van der Waals surface area contributed by atoms with Gasteiger partial charge in [0.25, 0.3) is 0 Å². The number of nitrogens with zero attached hydrogens (tertiary/aromatic N) is 5. The molecule has 2 saturated heterocycles. The Balaban J connectivity index is 1.61. The molecule has 4 rings (SSSR count). The van der Waals surface area contributed by atoms with Crippen molar-refractivity contribution in [3.8, 4) is 5.69 Å². The van der Waals surface area contributed by atoms with Crippen molar-refractivity contribution in [2.24, 2.45) is 0 Å². The minimum Gasteiger partial charge on any atom is -0.378 e. The van der Waals surface area contributed by atoms with Gasteiger partial charge in [0.1, 0.15) is 0 Å². The number of aromatic nitrogens is 3. The number of anilines is 1. The second-order valence-corrected chi connectivity index (χ2v) is 9.01. The number of hydrogen-bond donors (Lipinski definition) is 0. The zero-order valence-corrected chi connectivity index (χ0v) is 18.0. The molecule has 156 valence electrons. The highest BCUT2D eigenvalue weighted by atomic mass is 32.2. The van der Waals surface area contributed by atoms with Crippen molar-refractivity contribution in [2.75, 3.05) is 44.3 Å². The van der Waals surface area contributed by atoms with Gasteiger partial charge in [0.15, 0.2) is 5.16 Å². The number of benzene rings is 1. The molecule has 1 atom stereocenters. The molecule has 2 aromatic rings. The van der Waals surface area contributed by atoms with Crippen LogP contribution < -0.4 is 4.90 Å². The van der Waals surface area contributed by atoms with Gasteiger partial charge in [0.2, 0.25) is 11.9 Å². The summed E-state index contributed by atoms with van der Waals surface area (Å²) in [4.78, 5) is 17.1. The normalized spacial score (nSPS) is 18.7. The number of carbonyl (C=O) groups excluding carboxylic acids is 1. The van der Waals surface area contributed by atoms with Crippen LogP contribution in [0.2, 0.25) is 0 Å². The summed E-state index contributed by atoms with van der Waals surface area (Å²) in [7, 11) is 0. The van der Waals surface area contributed by atoms with Gasteiger partial charge < -0.3 is 14.5 Å². The third-order valence-corrected chi connectivity index (χ3v) is 6.53. The molecule has 8 heteroatoms. The zero-order valence-electron chi connectivity index (χ0n) is 17.2. The van der Waals surface area contributed by atoms with Crippen LogP contribution in [0.25, 0.3) is 5.69 Å². The molecule has 0 aliphatic carbocycles. The summed E-state index contributed by atoms with van der Waals surface area (Å²) < 4.78 is 7.48. The maximum absolute atomic E-state index is 12.9. The molecular formula is C21H29N5O2S. The van der Waals surface area contributed by atoms with Crippen molar-refractivity contribution >= 4 is 23.6 Å². The van der Waals surface area contributed by atoms with Gasteiger partial charge in [-0.15, -0.1) is 10.2 Å². The first kappa shape index (κ1) is 20.2. The lowest BCUT2D eigenvalue weighted by Gasteiger charge is -2.29. The Kier molecular flexibility index (Phi) is 6.40. The van der Waals surface area contributed by atoms with E-state index < -0.39 is 0 Å². The summed E-state index contributed by atoms with van der Waals surface area (Å²) in [6, 6.07) is 8.41. The van der Waals surface area contributed by atoms with Crippen LogP contribution in [0.1, 0.15) is 31.7 Å². The van der Waals surface area contributed by atoms with Crippen LogP contribution in [-0.4, -0.2) is 70.2 Å². The van der Waals surface area contributed by atoms with Crippen LogP contribution >= 0.6 is 11.8 Å². The molecule has 2 fully saturated rings. The number of piperidine rings is 1. The van der Waals surface area contributed by atoms with E-state index in [0.717, 1.165) is 29.9 Å². The SMILES string of the molecule is Cc1ccc(-n2c(S[C@H](C)C(=O)N3CCOCC3)nnc2N2CCCCC2)cc1. The van der Waals surface area contributed by atoms with Gasteiger partial charge in [-0.2, -0.15) is 0 Å². The predicted molar refractivity (Wildman–Crippen MR) is 115 cm³/mol. The van der Waals surface area contributed by atoms with Crippen molar-refractivity contribution in [1.82, 2.24) is 19.7 Å². The smallest absolute Gasteiger partial charge is 0.236 e. The molecule has 0 saturated carbocycles. The second-order valence-electron chi connectivity index (χ2n) is 7.70. The molecule has 0 bridgehead atoms. The Morgan fingerprint density at radius 3 is 2.41 bits per heavy atom. The van der Waals surface area contributed by atoms with E-state index in [1.165, 1.54) is 36.6 Å². The second kappa shape index (κ2) is 9.17. The van der Waals surface area contributed by atoms with E-state index in [1.807, 2.05) is 11.8 Å². The van der Waals surface area contributed by atoms with Crippen molar-refractivity contribution in [3.63, 3.8) is 0 Å². The molecule has 0 spiro atoms. The minimum absolute atomic E-state index is 0.135. The molecule has 1 aromatic heterocycles. The number of carbonyl (C=O) groups is 1. The first-order valence-electron chi connectivity index (χ1n) is 10.4. The first-order chi connectivity index (χ1) is 14.1. The predicted octanol–water partition coefficient (Wildman–Crippen LogP) is 2.91. The van der Waals surface area contributed by atoms with Gasteiger partial charge in [-0.1, -0.05) is 29.5 Å². The Bertz CT molecular complexity index is 826. The third-order valence-electron chi connectivity index (χ3n) is 5.50. The summed E-state index contributed by atoms with van der Waals surface area (Å²) in [6.07, 6.45) is 3.62. The van der Waals surface area contributed by atoms with E-state index in [-0.39, 0.29) is 11.2 Å². The Morgan fingerprint density at radius 2 is 1.72 bits per heavy atom. The summed E-state index contributed by atoms with van der Waals surface area (Å²) in [6.45, 7) is 8.58. The monoisotopic (exact) mass is 415 g/mol. The zero-order chi connectivity index (χ0) is 20.2. The Morgan fingerprint density at radius 1 is 1.03 bits per heavy atom. The standard InChI is InChI=1S/C21H29N5O2S/c1-16-6-8-18(9-7-16)26-20(25-10-4-3-5-11-25)22-23-21(26)29-17(2)19(27)24-12-14-28-15-13-24/h6-9,17H,3-5,10-15H2,1-2H3/t17-/m1/s1. The van der Waals surface area contributed by atoms with Gasteiger partial charge in [-0.05, 0) is 45.2 Å². The summed E-state index contributed by atoms with van der Waals surface area (Å²) in [5.41, 5.74) is 2.25. The molecule has 2 aliphatic rings.